The second-order valence-corrected chi connectivity index (χ2v) is 10.1. The van der Waals surface area contributed by atoms with Crippen LogP contribution in [0, 0.1) is 0 Å². The van der Waals surface area contributed by atoms with Crippen molar-refractivity contribution in [2.75, 3.05) is 19.4 Å². The molecule has 0 atom stereocenters. The summed E-state index contributed by atoms with van der Waals surface area (Å²) < 4.78 is 30.1. The number of pyridine rings is 1. The number of para-hydroxylation sites is 2. The van der Waals surface area contributed by atoms with Crippen LogP contribution in [-0.2, 0) is 21.2 Å². The summed E-state index contributed by atoms with van der Waals surface area (Å²) in [6.45, 7) is 0.398. The second-order valence-electron chi connectivity index (χ2n) is 7.63. The topological polar surface area (TPSA) is 142 Å². The standard InChI is InChI=1S/C24H24N6O4S2/c1-34-21-5-3-2-4-20(21)30-23(18-11-13-26-14-12-18)28-29-24(30)35-16-22(31)27-15-10-17-6-8-19(9-7-17)36(25,32)33/h2-9,11-14H,10,15-16H2,1H3,(H,27,31)(H2,25,32,33). The van der Waals surface area contributed by atoms with Crippen LogP contribution < -0.4 is 15.2 Å². The van der Waals surface area contributed by atoms with E-state index in [-0.39, 0.29) is 16.6 Å². The molecule has 0 saturated heterocycles. The van der Waals surface area contributed by atoms with E-state index in [0.717, 1.165) is 16.8 Å². The fraction of sp³-hybridized carbons (Fsp3) is 0.167. The van der Waals surface area contributed by atoms with Gasteiger partial charge < -0.3 is 10.1 Å². The van der Waals surface area contributed by atoms with E-state index in [2.05, 4.69) is 20.5 Å². The Balaban J connectivity index is 1.44. The molecule has 0 aliphatic rings. The van der Waals surface area contributed by atoms with Gasteiger partial charge >= 0.3 is 0 Å². The lowest BCUT2D eigenvalue weighted by molar-refractivity contribution is -0.118. The quantitative estimate of drug-likeness (QED) is 0.301. The number of hydrogen-bond acceptors (Lipinski definition) is 8. The first-order chi connectivity index (χ1) is 17.4. The average molecular weight is 525 g/mol. The van der Waals surface area contributed by atoms with Crippen LogP contribution in [0.25, 0.3) is 17.1 Å². The molecule has 0 radical (unpaired) electrons. The van der Waals surface area contributed by atoms with Gasteiger partial charge in [-0.25, -0.2) is 13.6 Å². The lowest BCUT2D eigenvalue weighted by Gasteiger charge is -2.13. The van der Waals surface area contributed by atoms with Gasteiger partial charge in [-0.3, -0.25) is 14.3 Å². The molecule has 2 aromatic carbocycles. The third-order valence-corrected chi connectivity index (χ3v) is 7.08. The van der Waals surface area contributed by atoms with Crippen molar-refractivity contribution < 1.29 is 17.9 Å². The zero-order chi connectivity index (χ0) is 25.5. The van der Waals surface area contributed by atoms with Gasteiger partial charge in [0.05, 0.1) is 23.4 Å². The Morgan fingerprint density at radius 1 is 1.06 bits per heavy atom. The molecule has 3 N–H and O–H groups in total. The first kappa shape index (κ1) is 25.4. The molecule has 12 heteroatoms. The van der Waals surface area contributed by atoms with Gasteiger partial charge in [-0.2, -0.15) is 0 Å². The molecule has 4 aromatic rings. The Bertz CT molecular complexity index is 1440. The number of aromatic nitrogens is 4. The maximum atomic E-state index is 12.5. The van der Waals surface area contributed by atoms with E-state index in [1.807, 2.05) is 41.0 Å². The van der Waals surface area contributed by atoms with E-state index < -0.39 is 10.0 Å². The number of nitrogens with one attached hydrogen (secondary N) is 1. The van der Waals surface area contributed by atoms with Crippen molar-refractivity contribution in [3.05, 3.63) is 78.6 Å². The van der Waals surface area contributed by atoms with Crippen LogP contribution in [0.2, 0.25) is 0 Å². The molecule has 10 nitrogen and oxygen atoms in total. The van der Waals surface area contributed by atoms with Gasteiger partial charge in [-0.05, 0) is 48.4 Å². The van der Waals surface area contributed by atoms with Gasteiger partial charge in [-0.15, -0.1) is 10.2 Å². The van der Waals surface area contributed by atoms with E-state index in [0.29, 0.717) is 29.7 Å². The summed E-state index contributed by atoms with van der Waals surface area (Å²) in [7, 11) is -2.13. The van der Waals surface area contributed by atoms with E-state index in [9.17, 15) is 13.2 Å². The summed E-state index contributed by atoms with van der Waals surface area (Å²) in [6.07, 6.45) is 3.91. The minimum atomic E-state index is -3.73. The van der Waals surface area contributed by atoms with Crippen LogP contribution in [-0.4, -0.2) is 53.5 Å². The molecule has 36 heavy (non-hydrogen) atoms. The van der Waals surface area contributed by atoms with Crippen molar-refractivity contribution in [3.63, 3.8) is 0 Å². The molecular formula is C24H24N6O4S2. The minimum absolute atomic E-state index is 0.0528. The Hall–Kier alpha value is -3.74. The van der Waals surface area contributed by atoms with Gasteiger partial charge in [0.2, 0.25) is 15.9 Å². The van der Waals surface area contributed by atoms with Crippen molar-refractivity contribution >= 4 is 27.7 Å². The van der Waals surface area contributed by atoms with Gasteiger partial charge in [0.15, 0.2) is 11.0 Å². The summed E-state index contributed by atoms with van der Waals surface area (Å²) in [5.41, 5.74) is 2.46. The number of sulfonamides is 1. The van der Waals surface area contributed by atoms with Crippen molar-refractivity contribution in [2.45, 2.75) is 16.5 Å². The average Bonchev–Trinajstić information content (AvgIpc) is 3.31. The number of nitrogens with zero attached hydrogens (tertiary/aromatic N) is 4. The molecule has 0 saturated carbocycles. The Kier molecular flexibility index (Phi) is 7.98. The molecule has 0 bridgehead atoms. The highest BCUT2D eigenvalue weighted by Crippen LogP contribution is 2.32. The molecule has 186 valence electrons. The third kappa shape index (κ3) is 6.08. The molecule has 2 heterocycles. The van der Waals surface area contributed by atoms with Gasteiger partial charge in [0.25, 0.3) is 0 Å². The Labute approximate surface area is 213 Å². The number of benzene rings is 2. The lowest BCUT2D eigenvalue weighted by atomic mass is 10.1. The highest BCUT2D eigenvalue weighted by atomic mass is 32.2. The maximum absolute atomic E-state index is 12.5. The summed E-state index contributed by atoms with van der Waals surface area (Å²) in [5, 5.41) is 17.2. The summed E-state index contributed by atoms with van der Waals surface area (Å²) in [6, 6.07) is 17.5. The number of nitrogens with two attached hydrogens (primary N) is 1. The number of ether oxygens (including phenoxy) is 1. The molecule has 0 aliphatic heterocycles. The smallest absolute Gasteiger partial charge is 0.238 e. The molecular weight excluding hydrogens is 500 g/mol. The number of carbonyl (C=O) groups excluding carboxylic acids is 1. The van der Waals surface area contributed by atoms with Gasteiger partial charge in [-0.1, -0.05) is 36.0 Å². The van der Waals surface area contributed by atoms with Crippen LogP contribution in [0.15, 0.2) is 83.1 Å². The van der Waals surface area contributed by atoms with Crippen LogP contribution in [0.5, 0.6) is 5.75 Å². The zero-order valence-electron chi connectivity index (χ0n) is 19.4. The summed E-state index contributed by atoms with van der Waals surface area (Å²) >= 11 is 1.26. The Morgan fingerprint density at radius 2 is 1.78 bits per heavy atom. The number of rotatable bonds is 10. The van der Waals surface area contributed by atoms with Crippen LogP contribution in [0.1, 0.15) is 5.56 Å². The van der Waals surface area contributed by atoms with E-state index in [1.54, 1.807) is 31.6 Å². The number of thioether (sulfide) groups is 1. The monoisotopic (exact) mass is 524 g/mol. The van der Waals surface area contributed by atoms with Crippen molar-refractivity contribution in [1.82, 2.24) is 25.1 Å². The molecule has 2 aromatic heterocycles. The first-order valence-corrected chi connectivity index (χ1v) is 13.4. The molecule has 0 fully saturated rings. The predicted molar refractivity (Wildman–Crippen MR) is 136 cm³/mol. The number of carbonyl (C=O) groups is 1. The third-order valence-electron chi connectivity index (χ3n) is 5.22. The zero-order valence-corrected chi connectivity index (χ0v) is 21.0. The summed E-state index contributed by atoms with van der Waals surface area (Å²) in [4.78, 5) is 16.6. The lowest BCUT2D eigenvalue weighted by Crippen LogP contribution is -2.27. The van der Waals surface area contributed by atoms with E-state index >= 15 is 0 Å². The molecule has 0 unspecified atom stereocenters. The van der Waals surface area contributed by atoms with Crippen LogP contribution in [0.3, 0.4) is 0 Å². The largest absolute Gasteiger partial charge is 0.495 e. The summed E-state index contributed by atoms with van der Waals surface area (Å²) in [5.74, 6) is 1.22. The number of methoxy groups -OCH3 is 1. The van der Waals surface area contributed by atoms with Crippen LogP contribution in [0.4, 0.5) is 0 Å². The van der Waals surface area contributed by atoms with E-state index in [1.165, 1.54) is 23.9 Å². The highest BCUT2D eigenvalue weighted by molar-refractivity contribution is 7.99. The molecule has 0 aliphatic carbocycles. The van der Waals surface area contributed by atoms with E-state index in [4.69, 9.17) is 9.88 Å². The second kappa shape index (κ2) is 11.3. The fourth-order valence-corrected chi connectivity index (χ4v) is 4.75. The number of primary sulfonamides is 1. The highest BCUT2D eigenvalue weighted by Gasteiger charge is 2.19. The minimum Gasteiger partial charge on any atom is -0.495 e. The SMILES string of the molecule is COc1ccccc1-n1c(SCC(=O)NCCc2ccc(S(N)(=O)=O)cc2)nnc1-c1ccncc1. The number of amides is 1. The van der Waals surface area contributed by atoms with Crippen LogP contribution >= 0.6 is 11.8 Å². The molecule has 0 spiro atoms. The number of hydrogen-bond donors (Lipinski definition) is 2. The van der Waals surface area contributed by atoms with Gasteiger partial charge in [0, 0.05) is 24.5 Å². The molecule has 1 amide bonds. The Morgan fingerprint density at radius 3 is 2.47 bits per heavy atom. The van der Waals surface area contributed by atoms with Gasteiger partial charge in [0.1, 0.15) is 5.75 Å². The fourth-order valence-electron chi connectivity index (χ4n) is 3.46. The normalized spacial score (nSPS) is 11.3. The van der Waals surface area contributed by atoms with Crippen molar-refractivity contribution in [2.24, 2.45) is 5.14 Å². The van der Waals surface area contributed by atoms with Crippen molar-refractivity contribution in [1.29, 1.82) is 0 Å². The van der Waals surface area contributed by atoms with Crippen molar-refractivity contribution in [3.8, 4) is 22.8 Å². The first-order valence-electron chi connectivity index (χ1n) is 10.9. The maximum Gasteiger partial charge on any atom is 0.238 e. The predicted octanol–water partition coefficient (Wildman–Crippen LogP) is 2.44. The molecule has 4 rings (SSSR count).